The molecule has 6 heteroatoms. The molecule has 24 heavy (non-hydrogen) atoms. The van der Waals surface area contributed by atoms with Gasteiger partial charge >= 0.3 is 0 Å². The molecule has 0 aliphatic carbocycles. The van der Waals surface area contributed by atoms with Crippen molar-refractivity contribution >= 4 is 11.8 Å². The Morgan fingerprint density at radius 3 is 2.54 bits per heavy atom. The average Bonchev–Trinajstić information content (AvgIpc) is 2.62. The molecule has 122 valence electrons. The van der Waals surface area contributed by atoms with E-state index in [1.807, 2.05) is 37.3 Å². The Balaban J connectivity index is 1.62. The predicted molar refractivity (Wildman–Crippen MR) is 92.0 cm³/mol. The fourth-order valence-electron chi connectivity index (χ4n) is 2.26. The maximum absolute atomic E-state index is 12.9. The van der Waals surface area contributed by atoms with E-state index in [9.17, 15) is 4.39 Å². The van der Waals surface area contributed by atoms with E-state index in [-0.39, 0.29) is 11.9 Å². The van der Waals surface area contributed by atoms with E-state index in [2.05, 4.69) is 25.8 Å². The summed E-state index contributed by atoms with van der Waals surface area (Å²) in [6.07, 6.45) is 1.56. The molecule has 2 aromatic carbocycles. The van der Waals surface area contributed by atoms with E-state index in [1.54, 1.807) is 18.3 Å². The smallest absolute Gasteiger partial charge is 0.245 e. The van der Waals surface area contributed by atoms with Crippen LogP contribution in [0.2, 0.25) is 0 Å². The van der Waals surface area contributed by atoms with Gasteiger partial charge in [0.1, 0.15) is 5.82 Å². The second-order valence-electron chi connectivity index (χ2n) is 5.42. The predicted octanol–water partition coefficient (Wildman–Crippen LogP) is 3.80. The lowest BCUT2D eigenvalue weighted by atomic mass is 10.1. The van der Waals surface area contributed by atoms with Crippen LogP contribution in [0, 0.1) is 5.82 Å². The molecule has 0 aliphatic rings. The summed E-state index contributed by atoms with van der Waals surface area (Å²) < 4.78 is 12.9. The Morgan fingerprint density at radius 1 is 1.04 bits per heavy atom. The topological polar surface area (TPSA) is 62.7 Å². The number of benzene rings is 2. The number of nitrogens with one attached hydrogen (secondary N) is 2. The summed E-state index contributed by atoms with van der Waals surface area (Å²) in [4.78, 5) is 4.40. The van der Waals surface area contributed by atoms with Crippen LogP contribution < -0.4 is 10.6 Å². The first-order valence-corrected chi connectivity index (χ1v) is 7.70. The molecule has 0 spiro atoms. The fraction of sp³-hybridized carbons (Fsp3) is 0.167. The van der Waals surface area contributed by atoms with Gasteiger partial charge in [-0.3, -0.25) is 0 Å². The van der Waals surface area contributed by atoms with Gasteiger partial charge in [-0.1, -0.05) is 42.5 Å². The van der Waals surface area contributed by atoms with E-state index in [0.717, 1.165) is 11.1 Å². The molecule has 0 aliphatic heterocycles. The van der Waals surface area contributed by atoms with Gasteiger partial charge in [0.05, 0.1) is 12.2 Å². The summed E-state index contributed by atoms with van der Waals surface area (Å²) in [7, 11) is 0. The maximum Gasteiger partial charge on any atom is 0.245 e. The number of anilines is 2. The summed E-state index contributed by atoms with van der Waals surface area (Å²) in [5.74, 6) is 0.816. The molecule has 0 bridgehead atoms. The second kappa shape index (κ2) is 7.50. The molecule has 1 unspecified atom stereocenters. The quantitative estimate of drug-likeness (QED) is 0.722. The Hall–Kier alpha value is -3.02. The molecule has 3 rings (SSSR count). The monoisotopic (exact) mass is 323 g/mol. The molecule has 3 aromatic rings. The van der Waals surface area contributed by atoms with Crippen molar-refractivity contribution in [3.63, 3.8) is 0 Å². The van der Waals surface area contributed by atoms with E-state index < -0.39 is 0 Å². The molecule has 0 saturated carbocycles. The van der Waals surface area contributed by atoms with Crippen molar-refractivity contribution in [1.82, 2.24) is 15.2 Å². The Kier molecular flexibility index (Phi) is 4.96. The minimum absolute atomic E-state index is 0.0698. The molecule has 1 heterocycles. The third-order valence-electron chi connectivity index (χ3n) is 3.59. The Labute approximate surface area is 140 Å². The van der Waals surface area contributed by atoms with Crippen LogP contribution in [-0.2, 0) is 6.54 Å². The lowest BCUT2D eigenvalue weighted by molar-refractivity contribution is 0.627. The highest BCUT2D eigenvalue weighted by atomic mass is 19.1. The fourth-order valence-corrected chi connectivity index (χ4v) is 2.26. The molecule has 2 N–H and O–H groups in total. The zero-order valence-corrected chi connectivity index (χ0v) is 13.3. The number of halogens is 1. The van der Waals surface area contributed by atoms with Crippen LogP contribution in [0.25, 0.3) is 0 Å². The van der Waals surface area contributed by atoms with Crippen LogP contribution in [0.5, 0.6) is 0 Å². The summed E-state index contributed by atoms with van der Waals surface area (Å²) in [5.41, 5.74) is 2.10. The van der Waals surface area contributed by atoms with Gasteiger partial charge in [-0.15, -0.1) is 5.10 Å². The third-order valence-corrected chi connectivity index (χ3v) is 3.59. The highest BCUT2D eigenvalue weighted by Crippen LogP contribution is 2.16. The van der Waals surface area contributed by atoms with Gasteiger partial charge in [0.25, 0.3) is 0 Å². The third kappa shape index (κ3) is 4.25. The van der Waals surface area contributed by atoms with Crippen LogP contribution in [0.4, 0.5) is 16.2 Å². The molecular weight excluding hydrogens is 305 g/mol. The largest absolute Gasteiger partial charge is 0.365 e. The molecule has 0 fully saturated rings. The summed E-state index contributed by atoms with van der Waals surface area (Å²) in [6.45, 7) is 2.57. The number of nitrogens with zero attached hydrogens (tertiary/aromatic N) is 3. The number of aromatic nitrogens is 3. The second-order valence-corrected chi connectivity index (χ2v) is 5.42. The number of hydrogen-bond acceptors (Lipinski definition) is 5. The standard InChI is InChI=1S/C18H18FN5/c1-13(15-5-3-2-4-6-15)22-18-23-17(12-21-24-18)20-11-14-7-9-16(19)10-8-14/h2-10,12-13H,11H2,1H3,(H2,20,22,23,24). The van der Waals surface area contributed by atoms with Crippen molar-refractivity contribution < 1.29 is 4.39 Å². The number of rotatable bonds is 6. The van der Waals surface area contributed by atoms with E-state index in [4.69, 9.17) is 0 Å². The van der Waals surface area contributed by atoms with Gasteiger partial charge in [-0.2, -0.15) is 10.1 Å². The first-order valence-electron chi connectivity index (χ1n) is 7.70. The number of hydrogen-bond donors (Lipinski definition) is 2. The van der Waals surface area contributed by atoms with Gasteiger partial charge in [-0.05, 0) is 30.2 Å². The Morgan fingerprint density at radius 2 is 1.79 bits per heavy atom. The summed E-state index contributed by atoms with van der Waals surface area (Å²) in [5, 5.41) is 14.4. The minimum Gasteiger partial charge on any atom is -0.365 e. The van der Waals surface area contributed by atoms with Crippen molar-refractivity contribution in [2.24, 2.45) is 0 Å². The first-order chi connectivity index (χ1) is 11.7. The maximum atomic E-state index is 12.9. The van der Waals surface area contributed by atoms with Crippen LogP contribution in [-0.4, -0.2) is 15.2 Å². The molecule has 0 amide bonds. The first kappa shape index (κ1) is 15.9. The lowest BCUT2D eigenvalue weighted by Gasteiger charge is -2.14. The van der Waals surface area contributed by atoms with E-state index >= 15 is 0 Å². The van der Waals surface area contributed by atoms with Gasteiger partial charge < -0.3 is 10.6 Å². The van der Waals surface area contributed by atoms with Crippen LogP contribution in [0.15, 0.2) is 60.8 Å². The molecule has 1 aromatic heterocycles. The molecule has 5 nitrogen and oxygen atoms in total. The zero-order chi connectivity index (χ0) is 16.8. The highest BCUT2D eigenvalue weighted by molar-refractivity contribution is 5.39. The van der Waals surface area contributed by atoms with Crippen molar-refractivity contribution in [3.8, 4) is 0 Å². The lowest BCUT2D eigenvalue weighted by Crippen LogP contribution is -2.11. The molecule has 0 saturated heterocycles. The van der Waals surface area contributed by atoms with E-state index in [0.29, 0.717) is 18.3 Å². The minimum atomic E-state index is -0.246. The molecule has 0 radical (unpaired) electrons. The average molecular weight is 323 g/mol. The summed E-state index contributed by atoms with van der Waals surface area (Å²) >= 11 is 0. The highest BCUT2D eigenvalue weighted by Gasteiger charge is 2.07. The van der Waals surface area contributed by atoms with Crippen LogP contribution in [0.3, 0.4) is 0 Å². The molecule has 1 atom stereocenters. The molecular formula is C18H18FN5. The van der Waals surface area contributed by atoms with Crippen molar-refractivity contribution in [3.05, 3.63) is 77.7 Å². The normalized spacial score (nSPS) is 11.8. The van der Waals surface area contributed by atoms with Crippen molar-refractivity contribution in [2.75, 3.05) is 10.6 Å². The zero-order valence-electron chi connectivity index (χ0n) is 13.3. The summed E-state index contributed by atoms with van der Waals surface area (Å²) in [6, 6.07) is 16.5. The van der Waals surface area contributed by atoms with Crippen LogP contribution >= 0.6 is 0 Å². The van der Waals surface area contributed by atoms with Crippen molar-refractivity contribution in [1.29, 1.82) is 0 Å². The van der Waals surface area contributed by atoms with Crippen LogP contribution in [0.1, 0.15) is 24.1 Å². The van der Waals surface area contributed by atoms with Gasteiger partial charge in [0.2, 0.25) is 5.95 Å². The van der Waals surface area contributed by atoms with Gasteiger partial charge in [-0.25, -0.2) is 4.39 Å². The van der Waals surface area contributed by atoms with E-state index in [1.165, 1.54) is 12.1 Å². The van der Waals surface area contributed by atoms with Crippen molar-refractivity contribution in [2.45, 2.75) is 19.5 Å². The van der Waals surface area contributed by atoms with Gasteiger partial charge in [0, 0.05) is 6.54 Å². The SMILES string of the molecule is CC(Nc1nncc(NCc2ccc(F)cc2)n1)c1ccccc1. The van der Waals surface area contributed by atoms with Gasteiger partial charge in [0.15, 0.2) is 5.82 Å². The Bertz CT molecular complexity index is 777.